The molecule has 2 heteroatoms. The molecule has 22 heavy (non-hydrogen) atoms. The smallest absolute Gasteiger partial charge is 0.139 e. The van der Waals surface area contributed by atoms with Crippen LogP contribution in [0, 0.1) is 23.2 Å². The van der Waals surface area contributed by atoms with Gasteiger partial charge in [0, 0.05) is 11.8 Å². The van der Waals surface area contributed by atoms with Gasteiger partial charge < -0.3 is 5.11 Å². The van der Waals surface area contributed by atoms with Gasteiger partial charge in [-0.1, -0.05) is 26.3 Å². The van der Waals surface area contributed by atoms with Crippen LogP contribution in [0.4, 0.5) is 0 Å². The highest BCUT2D eigenvalue weighted by atomic mass is 16.3. The standard InChI is InChI=1S/C20H26O2/c1-3-12-11-20(2)17(8-9-18(20)22)16-6-4-13-10-14(21)5-7-15(13)19(12)16/h5,7,10,12,16-17,19,21H,3-4,6,8-9,11H2,1-2H3/t12?,16-,17-,19+,20-/m0/s1. The number of carbonyl (C=O) groups excluding carboxylic acids is 1. The largest absolute Gasteiger partial charge is 0.508 e. The molecule has 4 rings (SSSR count). The number of carbonyl (C=O) groups is 1. The predicted molar refractivity (Wildman–Crippen MR) is 86.9 cm³/mol. The van der Waals surface area contributed by atoms with Gasteiger partial charge >= 0.3 is 0 Å². The van der Waals surface area contributed by atoms with Crippen LogP contribution in [0.15, 0.2) is 18.2 Å². The van der Waals surface area contributed by atoms with Gasteiger partial charge in [0.15, 0.2) is 0 Å². The van der Waals surface area contributed by atoms with Crippen molar-refractivity contribution in [2.45, 2.75) is 58.3 Å². The Morgan fingerprint density at radius 3 is 2.86 bits per heavy atom. The number of Topliss-reactive ketones (excluding diaryl/α,β-unsaturated/α-hetero) is 1. The molecule has 0 aromatic heterocycles. The summed E-state index contributed by atoms with van der Waals surface area (Å²) in [5.41, 5.74) is 2.74. The number of fused-ring (bicyclic) bond motifs is 5. The Morgan fingerprint density at radius 2 is 2.09 bits per heavy atom. The Morgan fingerprint density at radius 1 is 1.27 bits per heavy atom. The zero-order valence-electron chi connectivity index (χ0n) is 13.6. The van der Waals surface area contributed by atoms with Crippen molar-refractivity contribution >= 4 is 5.78 Å². The Hall–Kier alpha value is -1.31. The minimum absolute atomic E-state index is 0.0593. The van der Waals surface area contributed by atoms with E-state index in [0.717, 1.165) is 32.1 Å². The van der Waals surface area contributed by atoms with E-state index in [1.165, 1.54) is 17.5 Å². The van der Waals surface area contributed by atoms with E-state index in [4.69, 9.17) is 0 Å². The monoisotopic (exact) mass is 298 g/mol. The van der Waals surface area contributed by atoms with Gasteiger partial charge in [0.05, 0.1) is 0 Å². The van der Waals surface area contributed by atoms with E-state index in [1.807, 2.05) is 12.1 Å². The van der Waals surface area contributed by atoms with Crippen molar-refractivity contribution in [2.24, 2.45) is 23.2 Å². The van der Waals surface area contributed by atoms with E-state index in [-0.39, 0.29) is 5.41 Å². The maximum Gasteiger partial charge on any atom is 0.139 e. The molecule has 1 N–H and O–H groups in total. The number of rotatable bonds is 1. The Balaban J connectivity index is 1.79. The van der Waals surface area contributed by atoms with Gasteiger partial charge in [-0.3, -0.25) is 4.79 Å². The van der Waals surface area contributed by atoms with Crippen LogP contribution in [0.1, 0.15) is 63.0 Å². The van der Waals surface area contributed by atoms with Crippen LogP contribution in [-0.4, -0.2) is 10.9 Å². The molecule has 1 unspecified atom stereocenters. The first kappa shape index (κ1) is 14.3. The molecule has 0 amide bonds. The highest BCUT2D eigenvalue weighted by Gasteiger charge is 2.57. The second-order valence-corrected chi connectivity index (χ2v) is 7.97. The number of aromatic hydroxyl groups is 1. The van der Waals surface area contributed by atoms with E-state index < -0.39 is 0 Å². The summed E-state index contributed by atoms with van der Waals surface area (Å²) in [5.74, 6) is 3.35. The topological polar surface area (TPSA) is 37.3 Å². The first-order chi connectivity index (χ1) is 10.5. The molecule has 0 spiro atoms. The number of phenolic OH excluding ortho intramolecular Hbond substituents is 1. The number of benzene rings is 1. The van der Waals surface area contributed by atoms with Crippen molar-refractivity contribution in [3.63, 3.8) is 0 Å². The molecule has 1 aromatic carbocycles. The summed E-state index contributed by atoms with van der Waals surface area (Å²) in [6.45, 7) is 4.53. The fourth-order valence-electron chi connectivity index (χ4n) is 6.04. The second kappa shape index (κ2) is 4.84. The van der Waals surface area contributed by atoms with Crippen LogP contribution in [0.5, 0.6) is 5.75 Å². The van der Waals surface area contributed by atoms with Crippen LogP contribution in [0.2, 0.25) is 0 Å². The molecule has 0 radical (unpaired) electrons. The van der Waals surface area contributed by atoms with E-state index in [1.54, 1.807) is 0 Å². The highest BCUT2D eigenvalue weighted by Crippen LogP contribution is 2.62. The van der Waals surface area contributed by atoms with Gasteiger partial charge in [-0.25, -0.2) is 0 Å². The zero-order chi connectivity index (χ0) is 15.5. The lowest BCUT2D eigenvalue weighted by molar-refractivity contribution is -0.131. The minimum atomic E-state index is -0.0593. The van der Waals surface area contributed by atoms with E-state index in [2.05, 4.69) is 19.9 Å². The van der Waals surface area contributed by atoms with Crippen molar-refractivity contribution in [1.82, 2.24) is 0 Å². The third kappa shape index (κ3) is 1.82. The van der Waals surface area contributed by atoms with Gasteiger partial charge in [0.2, 0.25) is 0 Å². The minimum Gasteiger partial charge on any atom is -0.508 e. The average molecular weight is 298 g/mol. The normalized spacial score (nSPS) is 40.0. The van der Waals surface area contributed by atoms with E-state index >= 15 is 0 Å². The van der Waals surface area contributed by atoms with E-state index in [9.17, 15) is 9.90 Å². The molecule has 0 saturated heterocycles. The molecular formula is C20H26O2. The third-order valence-electron chi connectivity index (χ3n) is 7.07. The van der Waals surface area contributed by atoms with Crippen molar-refractivity contribution in [2.75, 3.05) is 0 Å². The lowest BCUT2D eigenvalue weighted by Gasteiger charge is -2.52. The maximum atomic E-state index is 12.5. The van der Waals surface area contributed by atoms with Gasteiger partial charge in [0.25, 0.3) is 0 Å². The van der Waals surface area contributed by atoms with Gasteiger partial charge in [-0.15, -0.1) is 0 Å². The molecule has 2 saturated carbocycles. The summed E-state index contributed by atoms with van der Waals surface area (Å²) in [5, 5.41) is 9.79. The number of hydrogen-bond acceptors (Lipinski definition) is 2. The molecule has 0 heterocycles. The maximum absolute atomic E-state index is 12.5. The van der Waals surface area contributed by atoms with Crippen LogP contribution in [0.3, 0.4) is 0 Å². The summed E-state index contributed by atoms with van der Waals surface area (Å²) in [7, 11) is 0. The number of hydrogen-bond donors (Lipinski definition) is 1. The lowest BCUT2D eigenvalue weighted by atomic mass is 9.51. The first-order valence-corrected chi connectivity index (χ1v) is 8.89. The van der Waals surface area contributed by atoms with Gasteiger partial charge in [-0.05, 0) is 72.6 Å². The van der Waals surface area contributed by atoms with Gasteiger partial charge in [0.1, 0.15) is 11.5 Å². The van der Waals surface area contributed by atoms with Crippen LogP contribution in [-0.2, 0) is 11.2 Å². The highest BCUT2D eigenvalue weighted by molar-refractivity contribution is 5.87. The summed E-state index contributed by atoms with van der Waals surface area (Å²) >= 11 is 0. The molecule has 2 nitrogen and oxygen atoms in total. The molecule has 118 valence electrons. The third-order valence-corrected chi connectivity index (χ3v) is 7.07. The van der Waals surface area contributed by atoms with Crippen LogP contribution >= 0.6 is 0 Å². The quantitative estimate of drug-likeness (QED) is 0.831. The Labute approximate surface area is 132 Å². The van der Waals surface area contributed by atoms with Crippen molar-refractivity contribution < 1.29 is 9.90 Å². The first-order valence-electron chi connectivity index (χ1n) is 8.89. The summed E-state index contributed by atoms with van der Waals surface area (Å²) < 4.78 is 0. The fourth-order valence-corrected chi connectivity index (χ4v) is 6.04. The number of phenols is 1. The van der Waals surface area contributed by atoms with Crippen molar-refractivity contribution in [3.05, 3.63) is 29.3 Å². The predicted octanol–water partition coefficient (Wildman–Crippen LogP) is 4.45. The SMILES string of the molecule is CCC1C[C@]2(C)C(=O)CC[C@H]2[C@@H]2CCc3cc(O)ccc3[C@@H]12. The van der Waals surface area contributed by atoms with Crippen LogP contribution < -0.4 is 0 Å². The Bertz CT molecular complexity index is 620. The molecule has 1 aromatic rings. The fraction of sp³-hybridized carbons (Fsp3) is 0.650. The molecule has 0 aliphatic heterocycles. The molecule has 3 aliphatic rings. The van der Waals surface area contributed by atoms with E-state index in [0.29, 0.717) is 35.2 Å². The molecule has 0 bridgehead atoms. The lowest BCUT2D eigenvalue weighted by Crippen LogP contribution is -2.46. The summed E-state index contributed by atoms with van der Waals surface area (Å²) in [4.78, 5) is 12.5. The zero-order valence-corrected chi connectivity index (χ0v) is 13.6. The molecular weight excluding hydrogens is 272 g/mol. The molecule has 2 fully saturated rings. The molecule has 3 aliphatic carbocycles. The average Bonchev–Trinajstić information content (AvgIpc) is 2.81. The molecule has 5 atom stereocenters. The second-order valence-electron chi connectivity index (χ2n) is 7.97. The number of aryl methyl sites for hydroxylation is 1. The van der Waals surface area contributed by atoms with Gasteiger partial charge in [-0.2, -0.15) is 0 Å². The number of ketones is 1. The van der Waals surface area contributed by atoms with Crippen molar-refractivity contribution in [3.8, 4) is 5.75 Å². The Kier molecular flexibility index (Phi) is 3.15. The van der Waals surface area contributed by atoms with Crippen molar-refractivity contribution in [1.29, 1.82) is 0 Å². The van der Waals surface area contributed by atoms with Crippen LogP contribution in [0.25, 0.3) is 0 Å². The summed E-state index contributed by atoms with van der Waals surface area (Å²) in [6, 6.07) is 5.97. The summed E-state index contributed by atoms with van der Waals surface area (Å²) in [6.07, 6.45) is 6.35.